The van der Waals surface area contributed by atoms with Gasteiger partial charge in [-0.25, -0.2) is 9.78 Å². The molecule has 3 aromatic rings. The van der Waals surface area contributed by atoms with Crippen LogP contribution in [0.1, 0.15) is 23.9 Å². The number of aromatic nitrogens is 1. The fraction of sp³-hybridized carbons (Fsp3) is 0.250. The molecule has 0 bridgehead atoms. The highest BCUT2D eigenvalue weighted by Gasteiger charge is 2.47. The lowest BCUT2D eigenvalue weighted by molar-refractivity contribution is -0.131. The minimum Gasteiger partial charge on any atom is -0.323 e. The molecule has 1 atom stereocenters. The molecule has 5 nitrogen and oxygen atoms in total. The fourth-order valence-electron chi connectivity index (χ4n) is 3.22. The Labute approximate surface area is 155 Å². The number of imide groups is 1. The van der Waals surface area contributed by atoms with Crippen molar-refractivity contribution in [1.82, 2.24) is 15.2 Å². The van der Waals surface area contributed by atoms with E-state index in [1.807, 2.05) is 54.6 Å². The maximum absolute atomic E-state index is 12.9. The number of aryl methyl sites for hydroxylation is 1. The molecule has 0 spiro atoms. The zero-order chi connectivity index (χ0) is 18.1. The Morgan fingerprint density at radius 2 is 1.81 bits per heavy atom. The van der Waals surface area contributed by atoms with Crippen molar-refractivity contribution in [1.29, 1.82) is 0 Å². The second-order valence-electron chi connectivity index (χ2n) is 6.71. The summed E-state index contributed by atoms with van der Waals surface area (Å²) in [5, 5.41) is 3.63. The van der Waals surface area contributed by atoms with Crippen molar-refractivity contribution >= 4 is 33.5 Å². The van der Waals surface area contributed by atoms with Gasteiger partial charge in [-0.1, -0.05) is 42.5 Å². The topological polar surface area (TPSA) is 62.3 Å². The molecule has 132 valence electrons. The molecule has 1 N–H and O–H groups in total. The first-order valence-corrected chi connectivity index (χ1v) is 9.39. The number of hydrogen-bond acceptors (Lipinski definition) is 4. The fourth-order valence-corrected chi connectivity index (χ4v) is 4.18. The van der Waals surface area contributed by atoms with Gasteiger partial charge in [0.2, 0.25) is 0 Å². The summed E-state index contributed by atoms with van der Waals surface area (Å²) in [5.74, 6) is -0.183. The van der Waals surface area contributed by atoms with Gasteiger partial charge in [0.1, 0.15) is 10.5 Å². The molecule has 0 aliphatic carbocycles. The minimum atomic E-state index is -0.871. The number of rotatable bonds is 5. The van der Waals surface area contributed by atoms with Crippen LogP contribution in [0.5, 0.6) is 0 Å². The number of thiazole rings is 1. The van der Waals surface area contributed by atoms with E-state index in [1.165, 1.54) is 16.2 Å². The molecule has 1 aliphatic rings. The van der Waals surface area contributed by atoms with Crippen molar-refractivity contribution in [2.45, 2.75) is 31.8 Å². The van der Waals surface area contributed by atoms with Gasteiger partial charge in [0, 0.05) is 0 Å². The second-order valence-corrected chi connectivity index (χ2v) is 7.83. The van der Waals surface area contributed by atoms with Gasteiger partial charge in [-0.05, 0) is 37.5 Å². The number of fused-ring (bicyclic) bond motifs is 1. The molecule has 3 amide bonds. The number of carbonyl (C=O) groups is 2. The van der Waals surface area contributed by atoms with Crippen LogP contribution in [0, 0.1) is 0 Å². The standard InChI is InChI=1S/C20H19N3O2S/c1-20(12-11-14-7-3-2-4-8-14)18(24)23(19(25)22-20)13-17-21-15-9-5-6-10-16(15)26-17/h2-10H,11-13H2,1H3,(H,22,25)/t20-/m0/s1. The van der Waals surface area contributed by atoms with Gasteiger partial charge in [-0.15, -0.1) is 11.3 Å². The molecule has 2 heterocycles. The smallest absolute Gasteiger partial charge is 0.323 e. The summed E-state index contributed by atoms with van der Waals surface area (Å²) in [6, 6.07) is 17.5. The number of carbonyl (C=O) groups excluding carboxylic acids is 2. The van der Waals surface area contributed by atoms with Gasteiger partial charge in [0.25, 0.3) is 5.91 Å². The van der Waals surface area contributed by atoms with E-state index >= 15 is 0 Å². The van der Waals surface area contributed by atoms with Crippen LogP contribution in [0.15, 0.2) is 54.6 Å². The summed E-state index contributed by atoms with van der Waals surface area (Å²) in [6.45, 7) is 2.01. The number of nitrogens with one attached hydrogen (secondary N) is 1. The van der Waals surface area contributed by atoms with Crippen molar-refractivity contribution in [3.05, 3.63) is 65.2 Å². The molecule has 6 heteroatoms. The van der Waals surface area contributed by atoms with E-state index in [2.05, 4.69) is 10.3 Å². The van der Waals surface area contributed by atoms with Crippen LogP contribution in [-0.2, 0) is 17.8 Å². The van der Waals surface area contributed by atoms with Gasteiger partial charge in [-0.2, -0.15) is 0 Å². The lowest BCUT2D eigenvalue weighted by Crippen LogP contribution is -2.44. The average molecular weight is 365 g/mol. The Morgan fingerprint density at radius 3 is 2.58 bits per heavy atom. The zero-order valence-electron chi connectivity index (χ0n) is 14.4. The van der Waals surface area contributed by atoms with E-state index in [1.54, 1.807) is 6.92 Å². The third-order valence-corrected chi connectivity index (χ3v) is 5.75. The van der Waals surface area contributed by atoms with Crippen molar-refractivity contribution in [2.75, 3.05) is 0 Å². The summed E-state index contributed by atoms with van der Waals surface area (Å²) in [4.78, 5) is 31.1. The number of urea groups is 1. The Bertz CT molecular complexity index is 936. The van der Waals surface area contributed by atoms with Crippen molar-refractivity contribution in [2.24, 2.45) is 0 Å². The summed E-state index contributed by atoms with van der Waals surface area (Å²) in [6.07, 6.45) is 1.30. The van der Waals surface area contributed by atoms with Gasteiger partial charge >= 0.3 is 6.03 Å². The van der Waals surface area contributed by atoms with Gasteiger partial charge in [0.15, 0.2) is 0 Å². The first kappa shape index (κ1) is 16.7. The molecule has 1 saturated heterocycles. The first-order chi connectivity index (χ1) is 12.5. The van der Waals surface area contributed by atoms with E-state index in [0.717, 1.165) is 27.2 Å². The second kappa shape index (κ2) is 6.53. The Morgan fingerprint density at radius 1 is 1.08 bits per heavy atom. The van der Waals surface area contributed by atoms with Gasteiger partial charge in [0.05, 0.1) is 16.8 Å². The maximum atomic E-state index is 12.9. The Hall–Kier alpha value is -2.73. The van der Waals surface area contributed by atoms with Crippen LogP contribution in [0.2, 0.25) is 0 Å². The van der Waals surface area contributed by atoms with Crippen LogP contribution < -0.4 is 5.32 Å². The van der Waals surface area contributed by atoms with E-state index < -0.39 is 5.54 Å². The predicted molar refractivity (Wildman–Crippen MR) is 102 cm³/mol. The summed E-state index contributed by atoms with van der Waals surface area (Å²) in [5.41, 5.74) is 1.18. The molecule has 1 fully saturated rings. The highest BCUT2D eigenvalue weighted by Crippen LogP contribution is 2.27. The highest BCUT2D eigenvalue weighted by atomic mass is 32.1. The number of hydrogen-bond donors (Lipinski definition) is 1. The normalized spacial score (nSPS) is 20.0. The van der Waals surface area contributed by atoms with Gasteiger partial charge in [-0.3, -0.25) is 9.69 Å². The molecule has 0 radical (unpaired) electrons. The SMILES string of the molecule is C[C@@]1(CCc2ccccc2)NC(=O)N(Cc2nc3ccccc3s2)C1=O. The molecular formula is C20H19N3O2S. The lowest BCUT2D eigenvalue weighted by atomic mass is 9.93. The average Bonchev–Trinajstić information content (AvgIpc) is 3.15. The van der Waals surface area contributed by atoms with Crippen LogP contribution in [-0.4, -0.2) is 27.4 Å². The minimum absolute atomic E-state index is 0.183. The largest absolute Gasteiger partial charge is 0.325 e. The highest BCUT2D eigenvalue weighted by molar-refractivity contribution is 7.18. The van der Waals surface area contributed by atoms with Crippen molar-refractivity contribution in [3.8, 4) is 0 Å². The molecule has 1 aromatic heterocycles. The molecule has 1 aliphatic heterocycles. The number of benzene rings is 2. The number of amides is 3. The van der Waals surface area contributed by atoms with Crippen LogP contribution in [0.25, 0.3) is 10.2 Å². The molecular weight excluding hydrogens is 346 g/mol. The van der Waals surface area contributed by atoms with Crippen LogP contribution >= 0.6 is 11.3 Å². The molecule has 26 heavy (non-hydrogen) atoms. The van der Waals surface area contributed by atoms with E-state index in [9.17, 15) is 9.59 Å². The van der Waals surface area contributed by atoms with Crippen molar-refractivity contribution in [3.63, 3.8) is 0 Å². The van der Waals surface area contributed by atoms with Crippen LogP contribution in [0.4, 0.5) is 4.79 Å². The molecule has 0 saturated carbocycles. The molecule has 0 unspecified atom stereocenters. The quantitative estimate of drug-likeness (QED) is 0.701. The Kier molecular flexibility index (Phi) is 4.20. The maximum Gasteiger partial charge on any atom is 0.325 e. The summed E-state index contributed by atoms with van der Waals surface area (Å²) >= 11 is 1.51. The van der Waals surface area contributed by atoms with Gasteiger partial charge < -0.3 is 5.32 Å². The molecule has 4 rings (SSSR count). The van der Waals surface area contributed by atoms with E-state index in [0.29, 0.717) is 6.42 Å². The Balaban J connectivity index is 1.49. The lowest BCUT2D eigenvalue weighted by Gasteiger charge is -2.21. The third-order valence-electron chi connectivity index (χ3n) is 4.73. The molecule has 2 aromatic carbocycles. The summed E-state index contributed by atoms with van der Waals surface area (Å²) in [7, 11) is 0. The van der Waals surface area contributed by atoms with Crippen molar-refractivity contribution < 1.29 is 9.59 Å². The van der Waals surface area contributed by atoms with E-state index in [-0.39, 0.29) is 18.5 Å². The third kappa shape index (κ3) is 3.08. The number of nitrogens with zero attached hydrogens (tertiary/aromatic N) is 2. The first-order valence-electron chi connectivity index (χ1n) is 8.58. The monoisotopic (exact) mass is 365 g/mol. The number of para-hydroxylation sites is 1. The summed E-state index contributed by atoms with van der Waals surface area (Å²) < 4.78 is 1.06. The van der Waals surface area contributed by atoms with E-state index in [4.69, 9.17) is 0 Å². The van der Waals surface area contributed by atoms with Crippen LogP contribution in [0.3, 0.4) is 0 Å². The predicted octanol–water partition coefficient (Wildman–Crippen LogP) is 3.74. The zero-order valence-corrected chi connectivity index (χ0v) is 15.3.